The summed E-state index contributed by atoms with van der Waals surface area (Å²) >= 11 is 1.92. The molecule has 0 bridgehead atoms. The number of hydrogen-bond donors (Lipinski definition) is 1. The summed E-state index contributed by atoms with van der Waals surface area (Å²) in [4.78, 5) is 16.9. The molecule has 1 N–H and O–H groups in total. The number of aromatic nitrogens is 2. The Morgan fingerprint density at radius 2 is 2.09 bits per heavy atom. The van der Waals surface area contributed by atoms with Gasteiger partial charge >= 0.3 is 0 Å². The van der Waals surface area contributed by atoms with E-state index in [0.29, 0.717) is 18.4 Å². The second-order valence-electron chi connectivity index (χ2n) is 6.32. The van der Waals surface area contributed by atoms with Gasteiger partial charge in [-0.05, 0) is 50.3 Å². The molecular formula is C17H23N3OS. The molecule has 2 heterocycles. The van der Waals surface area contributed by atoms with Gasteiger partial charge in [-0.25, -0.2) is 4.98 Å². The molecule has 1 amide bonds. The van der Waals surface area contributed by atoms with Crippen LogP contribution in [0.25, 0.3) is 11.0 Å². The van der Waals surface area contributed by atoms with E-state index in [2.05, 4.69) is 29.8 Å². The Kier molecular flexibility index (Phi) is 4.43. The number of thioether (sulfide) groups is 1. The van der Waals surface area contributed by atoms with E-state index in [4.69, 9.17) is 4.98 Å². The normalized spacial score (nSPS) is 16.7. The van der Waals surface area contributed by atoms with Crippen molar-refractivity contribution in [2.24, 2.45) is 5.92 Å². The van der Waals surface area contributed by atoms with Crippen LogP contribution in [-0.4, -0.2) is 27.0 Å². The van der Waals surface area contributed by atoms with E-state index in [1.807, 2.05) is 36.9 Å². The fraction of sp³-hybridized carbons (Fsp3) is 0.529. The number of imidazole rings is 1. The zero-order valence-electron chi connectivity index (χ0n) is 13.4. The summed E-state index contributed by atoms with van der Waals surface area (Å²) in [6.45, 7) is 6.32. The van der Waals surface area contributed by atoms with Crippen molar-refractivity contribution in [2.75, 3.05) is 11.5 Å². The minimum absolute atomic E-state index is 0.0740. The third kappa shape index (κ3) is 3.00. The number of rotatable bonds is 5. The van der Waals surface area contributed by atoms with Gasteiger partial charge in [0, 0.05) is 12.5 Å². The largest absolute Gasteiger partial charge is 0.346 e. The number of fused-ring (bicyclic) bond motifs is 1. The van der Waals surface area contributed by atoms with Gasteiger partial charge in [0.1, 0.15) is 5.82 Å². The number of para-hydroxylation sites is 2. The highest BCUT2D eigenvalue weighted by molar-refractivity contribution is 8.00. The molecule has 0 radical (unpaired) electrons. The summed E-state index contributed by atoms with van der Waals surface area (Å²) in [5.74, 6) is 3.87. The van der Waals surface area contributed by atoms with Gasteiger partial charge in [-0.2, -0.15) is 11.8 Å². The minimum Gasteiger partial charge on any atom is -0.346 e. The van der Waals surface area contributed by atoms with Crippen LogP contribution in [0.1, 0.15) is 45.1 Å². The van der Waals surface area contributed by atoms with Crippen molar-refractivity contribution in [3.05, 3.63) is 30.1 Å². The number of carbonyl (C=O) groups is 1. The molecule has 1 atom stereocenters. The predicted octanol–water partition coefficient (Wildman–Crippen LogP) is 3.55. The Morgan fingerprint density at radius 1 is 1.36 bits per heavy atom. The van der Waals surface area contributed by atoms with Gasteiger partial charge in [0.25, 0.3) is 0 Å². The van der Waals surface area contributed by atoms with Crippen LogP contribution in [0.5, 0.6) is 0 Å². The first-order chi connectivity index (χ1) is 10.6. The van der Waals surface area contributed by atoms with Crippen LogP contribution in [0.4, 0.5) is 0 Å². The van der Waals surface area contributed by atoms with Crippen LogP contribution in [-0.2, 0) is 4.79 Å². The number of nitrogens with one attached hydrogen (secondary N) is 1. The zero-order valence-corrected chi connectivity index (χ0v) is 14.2. The van der Waals surface area contributed by atoms with Crippen LogP contribution in [0.3, 0.4) is 0 Å². The van der Waals surface area contributed by atoms with E-state index in [9.17, 15) is 4.79 Å². The Labute approximate surface area is 135 Å². The summed E-state index contributed by atoms with van der Waals surface area (Å²) in [6, 6.07) is 8.38. The number of carbonyl (C=O) groups excluding carboxylic acids is 1. The first-order valence-electron chi connectivity index (χ1n) is 7.90. The van der Waals surface area contributed by atoms with Crippen LogP contribution in [0, 0.1) is 5.92 Å². The van der Waals surface area contributed by atoms with Crippen LogP contribution >= 0.6 is 11.8 Å². The van der Waals surface area contributed by atoms with Gasteiger partial charge in [0.15, 0.2) is 0 Å². The Bertz CT molecular complexity index is 676. The Morgan fingerprint density at radius 3 is 2.73 bits per heavy atom. The van der Waals surface area contributed by atoms with Gasteiger partial charge < -0.3 is 9.88 Å². The lowest BCUT2D eigenvalue weighted by atomic mass is 10.1. The topological polar surface area (TPSA) is 46.9 Å². The highest BCUT2D eigenvalue weighted by Gasteiger charge is 2.24. The summed E-state index contributed by atoms with van der Waals surface area (Å²) in [5.41, 5.74) is 2.12. The Balaban J connectivity index is 1.81. The quantitative estimate of drug-likeness (QED) is 0.917. The fourth-order valence-corrected chi connectivity index (χ4v) is 3.75. The summed E-state index contributed by atoms with van der Waals surface area (Å²) in [7, 11) is 0. The van der Waals surface area contributed by atoms with Gasteiger partial charge in [-0.3, -0.25) is 4.79 Å². The molecule has 2 aromatic rings. The van der Waals surface area contributed by atoms with Crippen molar-refractivity contribution in [2.45, 2.75) is 39.3 Å². The van der Waals surface area contributed by atoms with Gasteiger partial charge in [-0.15, -0.1) is 0 Å². The van der Waals surface area contributed by atoms with Crippen LogP contribution in [0.2, 0.25) is 0 Å². The predicted molar refractivity (Wildman–Crippen MR) is 92.1 cm³/mol. The molecule has 0 saturated carbocycles. The smallest absolute Gasteiger partial charge is 0.220 e. The number of hydrogen-bond acceptors (Lipinski definition) is 3. The summed E-state index contributed by atoms with van der Waals surface area (Å²) in [5, 5.41) is 3.12. The summed E-state index contributed by atoms with van der Waals surface area (Å²) in [6.07, 6.45) is 0.638. The zero-order chi connectivity index (χ0) is 15.7. The number of nitrogens with zero attached hydrogens (tertiary/aromatic N) is 2. The maximum absolute atomic E-state index is 12.2. The maximum Gasteiger partial charge on any atom is 0.220 e. The fourth-order valence-electron chi connectivity index (χ4n) is 2.94. The molecule has 0 spiro atoms. The molecule has 1 fully saturated rings. The minimum atomic E-state index is -0.0740. The molecular weight excluding hydrogens is 294 g/mol. The number of benzene rings is 1. The standard InChI is InChI=1S/C17H23N3OS/c1-11(2)20-15-7-5-4-6-14(15)19-17(20)12(3)18-16(21)8-13-9-22-10-13/h4-7,11-13H,8-10H2,1-3H3,(H,18,21)/t12-/m1/s1. The lowest BCUT2D eigenvalue weighted by molar-refractivity contribution is -0.122. The SMILES string of the molecule is CC(C)n1c([C@@H](C)NC(=O)CC2CSC2)nc2ccccc21. The number of amides is 1. The molecule has 1 aromatic heterocycles. The van der Waals surface area contributed by atoms with Gasteiger partial charge in [0.2, 0.25) is 5.91 Å². The van der Waals surface area contributed by atoms with Crippen molar-refractivity contribution in [3.8, 4) is 0 Å². The van der Waals surface area contributed by atoms with Crippen LogP contribution < -0.4 is 5.32 Å². The van der Waals surface area contributed by atoms with E-state index >= 15 is 0 Å². The van der Waals surface area contributed by atoms with E-state index in [1.165, 1.54) is 0 Å². The lowest BCUT2D eigenvalue weighted by Gasteiger charge is -2.25. The van der Waals surface area contributed by atoms with E-state index < -0.39 is 0 Å². The average Bonchev–Trinajstić information content (AvgIpc) is 2.82. The second-order valence-corrected chi connectivity index (χ2v) is 7.39. The molecule has 1 aromatic carbocycles. The van der Waals surface area contributed by atoms with Gasteiger partial charge in [0.05, 0.1) is 17.1 Å². The third-order valence-corrected chi connectivity index (χ3v) is 5.50. The highest BCUT2D eigenvalue weighted by atomic mass is 32.2. The average molecular weight is 317 g/mol. The molecule has 22 heavy (non-hydrogen) atoms. The van der Waals surface area contributed by atoms with Crippen molar-refractivity contribution in [1.29, 1.82) is 0 Å². The van der Waals surface area contributed by atoms with Crippen LogP contribution in [0.15, 0.2) is 24.3 Å². The third-order valence-electron chi connectivity index (χ3n) is 4.09. The Hall–Kier alpha value is -1.49. The first kappa shape index (κ1) is 15.4. The highest BCUT2D eigenvalue weighted by Crippen LogP contribution is 2.28. The molecule has 118 valence electrons. The molecule has 0 unspecified atom stereocenters. The molecule has 4 nitrogen and oxygen atoms in total. The summed E-state index contributed by atoms with van der Waals surface area (Å²) < 4.78 is 2.22. The molecule has 1 aliphatic heterocycles. The van der Waals surface area contributed by atoms with Crippen molar-refractivity contribution in [3.63, 3.8) is 0 Å². The lowest BCUT2D eigenvalue weighted by Crippen LogP contribution is -2.33. The second kappa shape index (κ2) is 6.32. The van der Waals surface area contributed by atoms with Crippen molar-refractivity contribution < 1.29 is 4.79 Å². The molecule has 0 aliphatic carbocycles. The molecule has 1 aliphatic rings. The first-order valence-corrected chi connectivity index (χ1v) is 9.05. The van der Waals surface area contributed by atoms with Crippen molar-refractivity contribution >= 4 is 28.7 Å². The van der Waals surface area contributed by atoms with E-state index in [0.717, 1.165) is 28.4 Å². The van der Waals surface area contributed by atoms with E-state index in [-0.39, 0.29) is 11.9 Å². The maximum atomic E-state index is 12.2. The molecule has 5 heteroatoms. The van der Waals surface area contributed by atoms with E-state index in [1.54, 1.807) is 0 Å². The van der Waals surface area contributed by atoms with Gasteiger partial charge in [-0.1, -0.05) is 12.1 Å². The molecule has 1 saturated heterocycles. The molecule has 3 rings (SSSR count). The van der Waals surface area contributed by atoms with Crippen molar-refractivity contribution in [1.82, 2.24) is 14.9 Å². The monoisotopic (exact) mass is 317 g/mol.